The van der Waals surface area contributed by atoms with Gasteiger partial charge >= 0.3 is 30.4 Å². The van der Waals surface area contributed by atoms with Crippen molar-refractivity contribution in [3.05, 3.63) is 11.1 Å². The van der Waals surface area contributed by atoms with Gasteiger partial charge in [-0.2, -0.15) is 0 Å². The van der Waals surface area contributed by atoms with Crippen molar-refractivity contribution in [2.45, 2.75) is 24.7 Å². The summed E-state index contributed by atoms with van der Waals surface area (Å²) in [4.78, 5) is 70.5. The van der Waals surface area contributed by atoms with Gasteiger partial charge < -0.3 is 39.1 Å². The highest BCUT2D eigenvalue weighted by Gasteiger charge is 2.42. The lowest BCUT2D eigenvalue weighted by atomic mass is 10.2. The first kappa shape index (κ1) is 22.3. The van der Waals surface area contributed by atoms with Crippen LogP contribution in [0.1, 0.15) is 19.3 Å². The lowest BCUT2D eigenvalue weighted by Gasteiger charge is -2.19. The summed E-state index contributed by atoms with van der Waals surface area (Å²) in [5, 5.41) is -3.74. The van der Waals surface area contributed by atoms with E-state index in [2.05, 4.69) is 0 Å². The molecule has 0 atom stereocenters. The number of unbranched alkanes of at least 4 members (excludes halogenated alkanes) is 1. The number of hydrogen-bond donors (Lipinski definition) is 8. The van der Waals surface area contributed by atoms with Crippen molar-refractivity contribution in [2.24, 2.45) is 0 Å². The topological polar surface area (TPSA) is 230 Å². The van der Waals surface area contributed by atoms with Gasteiger partial charge in [-0.25, -0.2) is 0 Å². The fourth-order valence-electron chi connectivity index (χ4n) is 1.47. The maximum absolute atomic E-state index is 11.0. The summed E-state index contributed by atoms with van der Waals surface area (Å²) in [6, 6.07) is 0. The molecule has 0 saturated carbocycles. The Labute approximate surface area is 124 Å². The molecule has 0 aliphatic rings. The second-order valence-electron chi connectivity index (χ2n) is 4.24. The van der Waals surface area contributed by atoms with E-state index in [0.717, 1.165) is 0 Å². The molecule has 0 unspecified atom stereocenters. The molecule has 12 nitrogen and oxygen atoms in total. The molecule has 8 N–H and O–H groups in total. The zero-order valence-electron chi connectivity index (χ0n) is 10.8. The van der Waals surface area contributed by atoms with Gasteiger partial charge in [0.1, 0.15) is 5.06 Å². The van der Waals surface area contributed by atoms with Crippen LogP contribution in [0.2, 0.25) is 0 Å². The predicted molar refractivity (Wildman–Crippen MR) is 73.9 cm³/mol. The molecule has 0 aliphatic heterocycles. The molecule has 0 amide bonds. The molecule has 0 spiro atoms. The molecule has 16 heteroatoms. The maximum atomic E-state index is 11.0. The van der Waals surface area contributed by atoms with Gasteiger partial charge in [0.25, 0.3) is 0 Å². The van der Waals surface area contributed by atoms with Crippen molar-refractivity contribution < 1.29 is 57.4 Å². The second-order valence-corrected chi connectivity index (χ2v) is 11.7. The summed E-state index contributed by atoms with van der Waals surface area (Å²) in [7, 11) is -20.7. The van der Waals surface area contributed by atoms with Crippen molar-refractivity contribution in [1.29, 1.82) is 0 Å². The minimum absolute atomic E-state index is 0.371. The van der Waals surface area contributed by atoms with Crippen molar-refractivity contribution >= 4 is 30.4 Å². The lowest BCUT2D eigenvalue weighted by Crippen LogP contribution is -2.09. The molecule has 0 aromatic heterocycles. The Morgan fingerprint density at radius 1 is 0.773 bits per heavy atom. The van der Waals surface area contributed by atoms with Gasteiger partial charge in [0, 0.05) is 0 Å². The Balaban J connectivity index is 5.06. The van der Waals surface area contributed by atoms with Crippen LogP contribution in [0, 0.1) is 0 Å². The summed E-state index contributed by atoms with van der Waals surface area (Å²) in [6.07, 6.45) is -1.04. The van der Waals surface area contributed by atoms with Crippen LogP contribution in [0.25, 0.3) is 0 Å². The van der Waals surface area contributed by atoms with E-state index in [1.165, 1.54) is 0 Å². The van der Waals surface area contributed by atoms with E-state index in [4.69, 9.17) is 39.1 Å². The average Bonchev–Trinajstić information content (AvgIpc) is 2.14. The van der Waals surface area contributed by atoms with Crippen molar-refractivity contribution in [3.63, 3.8) is 0 Å². The summed E-state index contributed by atoms with van der Waals surface area (Å²) in [5.74, 6) is 0. The molecule has 0 heterocycles. The first-order valence-electron chi connectivity index (χ1n) is 5.40. The molecule has 0 fully saturated rings. The minimum atomic E-state index is -5.24. The Bertz CT molecular complexity index is 553. The predicted octanol–water partition coefficient (Wildman–Crippen LogP) is 0.0350. The third-order valence-corrected chi connectivity index (χ3v) is 9.36. The number of rotatable bonds is 8. The molecule has 0 aliphatic carbocycles. The average molecular weight is 404 g/mol. The van der Waals surface area contributed by atoms with Gasteiger partial charge in [0.05, 0.1) is 0 Å². The molecule has 0 aromatic carbocycles. The SMILES string of the molecule is O=P(O)(O)C(=CCCCC(P(=O)(O)O)P(=O)(O)O)P(=O)(O)O. The molecule has 132 valence electrons. The summed E-state index contributed by atoms with van der Waals surface area (Å²) in [6.45, 7) is 0. The number of hydrogen-bond acceptors (Lipinski definition) is 4. The highest BCUT2D eigenvalue weighted by atomic mass is 31.2. The van der Waals surface area contributed by atoms with Gasteiger partial charge in [0.15, 0.2) is 5.40 Å². The van der Waals surface area contributed by atoms with Gasteiger partial charge in [-0.05, 0) is 19.3 Å². The quantitative estimate of drug-likeness (QED) is 0.198. The molecule has 0 radical (unpaired) electrons. The van der Waals surface area contributed by atoms with E-state index in [9.17, 15) is 18.3 Å². The highest BCUT2D eigenvalue weighted by molar-refractivity contribution is 7.77. The van der Waals surface area contributed by atoms with Crippen LogP contribution in [0.3, 0.4) is 0 Å². The smallest absolute Gasteiger partial charge is 0.324 e. The Morgan fingerprint density at radius 3 is 1.41 bits per heavy atom. The van der Waals surface area contributed by atoms with Crippen LogP contribution in [0.5, 0.6) is 0 Å². The summed E-state index contributed by atoms with van der Waals surface area (Å²) >= 11 is 0. The van der Waals surface area contributed by atoms with E-state index in [1.54, 1.807) is 0 Å². The Morgan fingerprint density at radius 2 is 1.14 bits per heavy atom. The van der Waals surface area contributed by atoms with Crippen LogP contribution < -0.4 is 0 Å². The summed E-state index contributed by atoms with van der Waals surface area (Å²) < 4.78 is 43.7. The van der Waals surface area contributed by atoms with Gasteiger partial charge in [-0.15, -0.1) is 0 Å². The number of allylic oxidation sites excluding steroid dienone is 1. The minimum Gasteiger partial charge on any atom is -0.324 e. The third-order valence-electron chi connectivity index (χ3n) is 2.37. The van der Waals surface area contributed by atoms with Crippen LogP contribution >= 0.6 is 30.4 Å². The largest absolute Gasteiger partial charge is 0.364 e. The first-order chi connectivity index (χ1) is 9.47. The standard InChI is InChI=1S/C6H16O12P4/c7-19(8,9)5(20(10,11)12)3-1-2-4-6(21(13,14)15)22(16,17)18/h3,6H,1-2,4H2,(H2,7,8,9)(H2,10,11,12)(H2,13,14,15)(H2,16,17,18). The lowest BCUT2D eigenvalue weighted by molar-refractivity contribution is 0.333. The molecular formula is C6H16O12P4. The first-order valence-corrected chi connectivity index (χ1v) is 12.0. The van der Waals surface area contributed by atoms with E-state index < -0.39 is 53.7 Å². The molecule has 0 bridgehead atoms. The van der Waals surface area contributed by atoms with Crippen LogP contribution in [0.15, 0.2) is 11.1 Å². The van der Waals surface area contributed by atoms with E-state index in [1.807, 2.05) is 0 Å². The molecule has 0 aromatic rings. The fraction of sp³-hybridized carbons (Fsp3) is 0.667. The van der Waals surface area contributed by atoms with Crippen LogP contribution in [-0.4, -0.2) is 44.5 Å². The van der Waals surface area contributed by atoms with E-state index in [-0.39, 0.29) is 6.42 Å². The monoisotopic (exact) mass is 404 g/mol. The summed E-state index contributed by atoms with van der Waals surface area (Å²) in [5.41, 5.74) is 0. The van der Waals surface area contributed by atoms with E-state index in [0.29, 0.717) is 6.08 Å². The van der Waals surface area contributed by atoms with Crippen LogP contribution in [-0.2, 0) is 18.3 Å². The molecular weight excluding hydrogens is 388 g/mol. The van der Waals surface area contributed by atoms with Gasteiger partial charge in [-0.1, -0.05) is 6.08 Å². The van der Waals surface area contributed by atoms with Crippen molar-refractivity contribution in [3.8, 4) is 0 Å². The second kappa shape index (κ2) is 7.49. The van der Waals surface area contributed by atoms with Gasteiger partial charge in [-0.3, -0.25) is 18.3 Å². The van der Waals surface area contributed by atoms with Gasteiger partial charge in [0.2, 0.25) is 0 Å². The third kappa shape index (κ3) is 7.75. The van der Waals surface area contributed by atoms with Crippen molar-refractivity contribution in [1.82, 2.24) is 0 Å². The van der Waals surface area contributed by atoms with Crippen LogP contribution in [0.4, 0.5) is 0 Å². The zero-order valence-corrected chi connectivity index (χ0v) is 14.4. The molecule has 22 heavy (non-hydrogen) atoms. The highest BCUT2D eigenvalue weighted by Crippen LogP contribution is 2.64. The fourth-order valence-corrected chi connectivity index (χ4v) is 6.17. The molecule has 0 rings (SSSR count). The van der Waals surface area contributed by atoms with E-state index >= 15 is 0 Å². The molecule has 0 saturated heterocycles. The Kier molecular flexibility index (Phi) is 7.60. The zero-order chi connectivity index (χ0) is 18.0. The Hall–Kier alpha value is 0.340. The maximum Gasteiger partial charge on any atom is 0.364 e. The normalized spacial score (nSPS) is 14.2. The van der Waals surface area contributed by atoms with Crippen molar-refractivity contribution in [2.75, 3.05) is 0 Å².